The summed E-state index contributed by atoms with van der Waals surface area (Å²) in [5.41, 5.74) is 4.58. The molecule has 3 aliphatic rings. The SMILES string of the molecule is CC(C)[C@H](NC(=O)OCC1c2ccccc2-c2ccccc21)C(=O)N1CC[C@H]2C(C(=O)O)[C@H]2C1. The van der Waals surface area contributed by atoms with E-state index in [1.165, 1.54) is 0 Å². The Bertz CT molecular complexity index is 1080. The van der Waals surface area contributed by atoms with Gasteiger partial charge >= 0.3 is 12.1 Å². The molecule has 0 aromatic heterocycles. The standard InChI is InChI=1S/C27H30N2O5/c1-15(2)24(25(30)29-12-11-20-21(13-29)23(20)26(31)32)28-27(33)34-14-22-18-9-5-3-7-16(18)17-8-4-6-10-19(17)22/h3-10,15,20-24H,11-14H2,1-2H3,(H,28,33)(H,31,32)/t20-,21+,23?,24+/m1/s1. The summed E-state index contributed by atoms with van der Waals surface area (Å²) >= 11 is 0. The number of nitrogens with one attached hydrogen (secondary N) is 1. The van der Waals surface area contributed by atoms with Crippen LogP contribution in [0.5, 0.6) is 0 Å². The molecule has 178 valence electrons. The van der Waals surface area contributed by atoms with Crippen LogP contribution < -0.4 is 5.32 Å². The molecule has 0 bridgehead atoms. The van der Waals surface area contributed by atoms with Crippen LogP contribution in [0.3, 0.4) is 0 Å². The monoisotopic (exact) mass is 462 g/mol. The minimum atomic E-state index is -0.776. The largest absolute Gasteiger partial charge is 0.481 e. The lowest BCUT2D eigenvalue weighted by molar-refractivity contribution is -0.139. The van der Waals surface area contributed by atoms with Crippen LogP contribution in [-0.4, -0.2) is 53.7 Å². The number of carbonyl (C=O) groups is 3. The molecule has 2 amide bonds. The van der Waals surface area contributed by atoms with Gasteiger partial charge in [0.25, 0.3) is 0 Å². The van der Waals surface area contributed by atoms with Crippen molar-refractivity contribution in [3.8, 4) is 11.1 Å². The van der Waals surface area contributed by atoms with E-state index in [1.807, 2.05) is 38.1 Å². The highest BCUT2D eigenvalue weighted by molar-refractivity contribution is 5.86. The average Bonchev–Trinajstić information content (AvgIpc) is 3.48. The van der Waals surface area contributed by atoms with E-state index in [0.717, 1.165) is 22.3 Å². The number of piperidine rings is 1. The normalized spacial score (nSPS) is 23.5. The van der Waals surface area contributed by atoms with Gasteiger partial charge in [-0.05, 0) is 46.4 Å². The summed E-state index contributed by atoms with van der Waals surface area (Å²) in [7, 11) is 0. The summed E-state index contributed by atoms with van der Waals surface area (Å²) in [6.45, 7) is 4.93. The molecule has 7 nitrogen and oxygen atoms in total. The molecule has 0 spiro atoms. The maximum Gasteiger partial charge on any atom is 0.407 e. The molecule has 2 aromatic rings. The van der Waals surface area contributed by atoms with Crippen LogP contribution >= 0.6 is 0 Å². The van der Waals surface area contributed by atoms with Crippen LogP contribution in [-0.2, 0) is 14.3 Å². The van der Waals surface area contributed by atoms with E-state index in [-0.39, 0.29) is 42.1 Å². The van der Waals surface area contributed by atoms with Gasteiger partial charge in [-0.1, -0.05) is 62.4 Å². The number of hydrogen-bond acceptors (Lipinski definition) is 4. The molecule has 4 atom stereocenters. The minimum Gasteiger partial charge on any atom is -0.481 e. The second-order valence-electron chi connectivity index (χ2n) is 9.96. The number of rotatable bonds is 6. The molecule has 7 heteroatoms. The van der Waals surface area contributed by atoms with Crippen molar-refractivity contribution in [2.45, 2.75) is 32.2 Å². The highest BCUT2D eigenvalue weighted by atomic mass is 16.5. The van der Waals surface area contributed by atoms with Crippen molar-refractivity contribution >= 4 is 18.0 Å². The number of aliphatic carboxylic acids is 1. The molecule has 2 aliphatic carbocycles. The lowest BCUT2D eigenvalue weighted by Gasteiger charge is -2.32. The van der Waals surface area contributed by atoms with E-state index in [2.05, 4.69) is 29.6 Å². The maximum absolute atomic E-state index is 13.2. The van der Waals surface area contributed by atoms with E-state index in [9.17, 15) is 19.5 Å². The number of nitrogens with zero attached hydrogens (tertiary/aromatic N) is 1. The van der Waals surface area contributed by atoms with E-state index >= 15 is 0 Å². The van der Waals surface area contributed by atoms with Gasteiger partial charge in [0.15, 0.2) is 0 Å². The second kappa shape index (κ2) is 8.78. The lowest BCUT2D eigenvalue weighted by Crippen LogP contribution is -2.52. The lowest BCUT2D eigenvalue weighted by atomic mass is 9.98. The van der Waals surface area contributed by atoms with Gasteiger partial charge in [0.1, 0.15) is 12.6 Å². The molecular weight excluding hydrogens is 432 g/mol. The van der Waals surface area contributed by atoms with Crippen molar-refractivity contribution in [1.29, 1.82) is 0 Å². The first-order valence-corrected chi connectivity index (χ1v) is 12.0. The summed E-state index contributed by atoms with van der Waals surface area (Å²) < 4.78 is 5.64. The van der Waals surface area contributed by atoms with E-state index in [4.69, 9.17) is 4.74 Å². The van der Waals surface area contributed by atoms with E-state index in [0.29, 0.717) is 19.5 Å². The fraction of sp³-hybridized carbons (Fsp3) is 0.444. The molecule has 34 heavy (non-hydrogen) atoms. The van der Waals surface area contributed by atoms with Crippen LogP contribution in [0, 0.1) is 23.7 Å². The number of amides is 2. The number of alkyl carbamates (subject to hydrolysis) is 1. The fourth-order valence-electron chi connectivity index (χ4n) is 5.78. The zero-order valence-corrected chi connectivity index (χ0v) is 19.4. The molecule has 1 unspecified atom stereocenters. The molecular formula is C27H30N2O5. The number of carbonyl (C=O) groups excluding carboxylic acids is 2. The highest BCUT2D eigenvalue weighted by Gasteiger charge is 2.57. The van der Waals surface area contributed by atoms with E-state index < -0.39 is 18.1 Å². The Morgan fingerprint density at radius 3 is 2.24 bits per heavy atom. The Balaban J connectivity index is 1.22. The summed E-state index contributed by atoms with van der Waals surface area (Å²) in [6.07, 6.45) is 0.0852. The van der Waals surface area contributed by atoms with Crippen LogP contribution in [0.2, 0.25) is 0 Å². The third-order valence-electron chi connectivity index (χ3n) is 7.64. The molecule has 1 heterocycles. The van der Waals surface area contributed by atoms with Gasteiger partial charge in [-0.15, -0.1) is 0 Å². The van der Waals surface area contributed by atoms with Crippen molar-refractivity contribution in [2.75, 3.05) is 19.7 Å². The topological polar surface area (TPSA) is 95.9 Å². The molecule has 1 saturated heterocycles. The van der Waals surface area contributed by atoms with Crippen molar-refractivity contribution in [3.63, 3.8) is 0 Å². The van der Waals surface area contributed by atoms with Gasteiger partial charge in [0.2, 0.25) is 5.91 Å². The smallest absolute Gasteiger partial charge is 0.407 e. The summed E-state index contributed by atoms with van der Waals surface area (Å²) in [5, 5.41) is 12.1. The number of hydrogen-bond donors (Lipinski definition) is 2. The number of likely N-dealkylation sites (tertiary alicyclic amines) is 1. The van der Waals surface area contributed by atoms with Crippen LogP contribution in [0.1, 0.15) is 37.3 Å². The van der Waals surface area contributed by atoms with Crippen LogP contribution in [0.4, 0.5) is 4.79 Å². The zero-order chi connectivity index (χ0) is 24.0. The minimum absolute atomic E-state index is 0.0254. The van der Waals surface area contributed by atoms with Gasteiger partial charge in [-0.3, -0.25) is 9.59 Å². The third kappa shape index (κ3) is 3.93. The summed E-state index contributed by atoms with van der Waals surface area (Å²) in [4.78, 5) is 39.0. The van der Waals surface area contributed by atoms with Gasteiger partial charge in [-0.2, -0.15) is 0 Å². The predicted molar refractivity (Wildman–Crippen MR) is 126 cm³/mol. The molecule has 5 rings (SSSR count). The molecule has 1 saturated carbocycles. The molecule has 1 aliphatic heterocycles. The van der Waals surface area contributed by atoms with Crippen LogP contribution in [0.25, 0.3) is 11.1 Å². The van der Waals surface area contributed by atoms with Gasteiger partial charge in [-0.25, -0.2) is 4.79 Å². The molecule has 0 radical (unpaired) electrons. The van der Waals surface area contributed by atoms with Crippen molar-refractivity contribution in [2.24, 2.45) is 23.7 Å². The molecule has 2 fully saturated rings. The number of carboxylic acid groups (broad SMARTS) is 1. The van der Waals surface area contributed by atoms with E-state index in [1.54, 1.807) is 4.90 Å². The second-order valence-corrected chi connectivity index (χ2v) is 9.96. The first-order valence-electron chi connectivity index (χ1n) is 12.0. The van der Waals surface area contributed by atoms with Crippen molar-refractivity contribution in [1.82, 2.24) is 10.2 Å². The highest BCUT2D eigenvalue weighted by Crippen LogP contribution is 2.51. The number of ether oxygens (including phenoxy) is 1. The number of fused-ring (bicyclic) bond motifs is 4. The van der Waals surface area contributed by atoms with Gasteiger partial charge in [0.05, 0.1) is 5.92 Å². The van der Waals surface area contributed by atoms with Crippen molar-refractivity contribution in [3.05, 3.63) is 59.7 Å². The van der Waals surface area contributed by atoms with Crippen LogP contribution in [0.15, 0.2) is 48.5 Å². The Hall–Kier alpha value is -3.35. The number of carboxylic acids is 1. The average molecular weight is 463 g/mol. The molecule has 2 aromatic carbocycles. The predicted octanol–water partition coefficient (Wildman–Crippen LogP) is 3.73. The first kappa shape index (κ1) is 22.4. The third-order valence-corrected chi connectivity index (χ3v) is 7.64. The van der Waals surface area contributed by atoms with Crippen molar-refractivity contribution < 1.29 is 24.2 Å². The quantitative estimate of drug-likeness (QED) is 0.682. The Morgan fingerprint density at radius 2 is 1.65 bits per heavy atom. The summed E-state index contributed by atoms with van der Waals surface area (Å²) in [6, 6.07) is 15.6. The first-order chi connectivity index (χ1) is 16.4. The Morgan fingerprint density at radius 1 is 1.03 bits per heavy atom. The van der Waals surface area contributed by atoms with Gasteiger partial charge in [0, 0.05) is 19.0 Å². The Kier molecular flexibility index (Phi) is 5.80. The zero-order valence-electron chi connectivity index (χ0n) is 19.4. The Labute approximate surface area is 199 Å². The van der Waals surface area contributed by atoms with Gasteiger partial charge < -0.3 is 20.1 Å². The summed E-state index contributed by atoms with van der Waals surface area (Å²) in [5.74, 6) is -1.26. The number of benzene rings is 2. The molecule has 2 N–H and O–H groups in total. The maximum atomic E-state index is 13.2. The fourth-order valence-corrected chi connectivity index (χ4v) is 5.78.